The molecule has 0 bridgehead atoms. The van der Waals surface area contributed by atoms with Gasteiger partial charge in [-0.3, -0.25) is 9.69 Å². The van der Waals surface area contributed by atoms with Crippen LogP contribution in [0.4, 0.5) is 0 Å². The highest BCUT2D eigenvalue weighted by atomic mass is 16.5. The number of amides is 1. The van der Waals surface area contributed by atoms with Gasteiger partial charge < -0.3 is 18.8 Å². The zero-order chi connectivity index (χ0) is 27.2. The highest BCUT2D eigenvalue weighted by molar-refractivity contribution is 5.78. The van der Waals surface area contributed by atoms with Crippen LogP contribution in [0.25, 0.3) is 11.7 Å². The number of nitrogens with zero attached hydrogens (tertiary/aromatic N) is 4. The van der Waals surface area contributed by atoms with Gasteiger partial charge in [-0.15, -0.1) is 0 Å². The lowest BCUT2D eigenvalue weighted by molar-refractivity contribution is -0.133. The summed E-state index contributed by atoms with van der Waals surface area (Å²) >= 11 is 0. The first-order chi connectivity index (χ1) is 19.0. The number of methoxy groups -OCH3 is 2. The van der Waals surface area contributed by atoms with E-state index in [0.29, 0.717) is 17.9 Å². The SMILES string of the molecule is COc1cc(OC)cc(C(CC(=O)N2CCN(C/C=C/c3ccccc3)CC2)c2cnc3cc(C)ccn23)c1. The Kier molecular flexibility index (Phi) is 8.27. The molecule has 5 rings (SSSR count). The maximum atomic E-state index is 13.7. The number of ether oxygens (including phenoxy) is 2. The van der Waals surface area contributed by atoms with E-state index in [2.05, 4.69) is 57.6 Å². The van der Waals surface area contributed by atoms with Crippen LogP contribution in [0.2, 0.25) is 0 Å². The van der Waals surface area contributed by atoms with Crippen LogP contribution in [0.1, 0.15) is 34.7 Å². The van der Waals surface area contributed by atoms with Gasteiger partial charge in [0.2, 0.25) is 5.91 Å². The van der Waals surface area contributed by atoms with Gasteiger partial charge in [0, 0.05) is 63.5 Å². The topological polar surface area (TPSA) is 59.3 Å². The second kappa shape index (κ2) is 12.2. The first-order valence-corrected chi connectivity index (χ1v) is 13.4. The molecule has 7 nitrogen and oxygen atoms in total. The van der Waals surface area contributed by atoms with E-state index in [0.717, 1.165) is 55.2 Å². The molecule has 0 saturated carbocycles. The average molecular weight is 525 g/mol. The standard InChI is InChI=1S/C32H36N4O3/c1-24-11-13-36-30(23-33-31(36)18-24)29(26-19-27(38-2)21-28(20-26)39-3)22-32(37)35-16-14-34(15-17-35)12-7-10-25-8-5-4-6-9-25/h4-11,13,18-21,23,29H,12,14-17,22H2,1-3H3/b10-7+. The van der Waals surface area contributed by atoms with E-state index in [4.69, 9.17) is 9.47 Å². The molecule has 1 atom stereocenters. The van der Waals surface area contributed by atoms with Crippen molar-refractivity contribution in [1.82, 2.24) is 19.2 Å². The van der Waals surface area contributed by atoms with E-state index < -0.39 is 0 Å². The summed E-state index contributed by atoms with van der Waals surface area (Å²) in [5.74, 6) is 1.33. The molecule has 0 radical (unpaired) electrons. The van der Waals surface area contributed by atoms with Crippen molar-refractivity contribution in [2.24, 2.45) is 0 Å². The quantitative estimate of drug-likeness (QED) is 0.307. The summed E-state index contributed by atoms with van der Waals surface area (Å²) in [6.07, 6.45) is 8.61. The van der Waals surface area contributed by atoms with Gasteiger partial charge in [0.05, 0.1) is 19.9 Å². The fraction of sp³-hybridized carbons (Fsp3) is 0.312. The number of benzene rings is 2. The van der Waals surface area contributed by atoms with Gasteiger partial charge in [0.25, 0.3) is 0 Å². The number of carbonyl (C=O) groups excluding carboxylic acids is 1. The fourth-order valence-electron chi connectivity index (χ4n) is 5.17. The van der Waals surface area contributed by atoms with Crippen molar-refractivity contribution in [3.8, 4) is 11.5 Å². The number of hydrogen-bond acceptors (Lipinski definition) is 5. The number of piperazine rings is 1. The van der Waals surface area contributed by atoms with Crippen molar-refractivity contribution in [2.45, 2.75) is 19.3 Å². The molecule has 1 aliphatic rings. The monoisotopic (exact) mass is 524 g/mol. The number of rotatable bonds is 9. The average Bonchev–Trinajstić information content (AvgIpc) is 3.39. The predicted octanol–water partition coefficient (Wildman–Crippen LogP) is 5.04. The number of imidazole rings is 1. The van der Waals surface area contributed by atoms with Crippen molar-refractivity contribution < 1.29 is 14.3 Å². The molecule has 1 aliphatic heterocycles. The Morgan fingerprint density at radius 1 is 0.974 bits per heavy atom. The molecule has 1 saturated heterocycles. The minimum Gasteiger partial charge on any atom is -0.497 e. The molecule has 1 unspecified atom stereocenters. The Balaban J connectivity index is 1.32. The van der Waals surface area contributed by atoms with Crippen LogP contribution >= 0.6 is 0 Å². The largest absolute Gasteiger partial charge is 0.497 e. The van der Waals surface area contributed by atoms with E-state index in [1.165, 1.54) is 5.56 Å². The lowest BCUT2D eigenvalue weighted by Crippen LogP contribution is -2.48. The lowest BCUT2D eigenvalue weighted by atomic mass is 9.91. The zero-order valence-corrected chi connectivity index (χ0v) is 22.9. The smallest absolute Gasteiger partial charge is 0.223 e. The summed E-state index contributed by atoms with van der Waals surface area (Å²) in [6, 6.07) is 20.3. The molecular formula is C32H36N4O3. The minimum absolute atomic E-state index is 0.142. The van der Waals surface area contributed by atoms with E-state index in [9.17, 15) is 4.79 Å². The Morgan fingerprint density at radius 3 is 2.38 bits per heavy atom. The molecule has 1 fully saturated rings. The molecule has 7 heteroatoms. The third kappa shape index (κ3) is 6.32. The molecule has 0 aliphatic carbocycles. The summed E-state index contributed by atoms with van der Waals surface area (Å²) in [7, 11) is 3.29. The van der Waals surface area contributed by atoms with Crippen LogP contribution in [0.5, 0.6) is 11.5 Å². The van der Waals surface area contributed by atoms with Gasteiger partial charge in [-0.1, -0.05) is 42.5 Å². The third-order valence-electron chi connectivity index (χ3n) is 7.41. The Labute approximate surface area is 230 Å². The summed E-state index contributed by atoms with van der Waals surface area (Å²) < 4.78 is 13.2. The molecule has 1 amide bonds. The van der Waals surface area contributed by atoms with E-state index in [1.807, 2.05) is 53.7 Å². The van der Waals surface area contributed by atoms with Gasteiger partial charge in [0.15, 0.2) is 0 Å². The van der Waals surface area contributed by atoms with Crippen molar-refractivity contribution in [2.75, 3.05) is 46.9 Å². The molecule has 0 N–H and O–H groups in total. The number of hydrogen-bond donors (Lipinski definition) is 0. The summed E-state index contributed by atoms with van der Waals surface area (Å²) in [5.41, 5.74) is 5.15. The first-order valence-electron chi connectivity index (χ1n) is 13.4. The highest BCUT2D eigenvalue weighted by Gasteiger charge is 2.27. The molecule has 4 aromatic rings. The van der Waals surface area contributed by atoms with Crippen LogP contribution in [-0.2, 0) is 4.79 Å². The number of carbonyl (C=O) groups is 1. The second-order valence-corrected chi connectivity index (χ2v) is 10.0. The zero-order valence-electron chi connectivity index (χ0n) is 22.9. The Hall–Kier alpha value is -4.10. The Morgan fingerprint density at radius 2 is 1.69 bits per heavy atom. The molecule has 0 spiro atoms. The summed E-state index contributed by atoms with van der Waals surface area (Å²) in [4.78, 5) is 22.7. The first kappa shape index (κ1) is 26.5. The van der Waals surface area contributed by atoms with Crippen LogP contribution in [0.15, 0.2) is 79.1 Å². The van der Waals surface area contributed by atoms with Gasteiger partial charge in [-0.2, -0.15) is 0 Å². The number of aryl methyl sites for hydroxylation is 1. The summed E-state index contributed by atoms with van der Waals surface area (Å²) in [6.45, 7) is 6.09. The lowest BCUT2D eigenvalue weighted by Gasteiger charge is -2.35. The maximum Gasteiger partial charge on any atom is 0.223 e. The molecule has 3 heterocycles. The van der Waals surface area contributed by atoms with E-state index in [-0.39, 0.29) is 11.8 Å². The molecule has 39 heavy (non-hydrogen) atoms. The van der Waals surface area contributed by atoms with E-state index in [1.54, 1.807) is 14.2 Å². The number of pyridine rings is 1. The summed E-state index contributed by atoms with van der Waals surface area (Å²) in [5, 5.41) is 0. The molecule has 202 valence electrons. The van der Waals surface area contributed by atoms with Crippen molar-refractivity contribution in [1.29, 1.82) is 0 Å². The van der Waals surface area contributed by atoms with Gasteiger partial charge >= 0.3 is 0 Å². The fourth-order valence-corrected chi connectivity index (χ4v) is 5.17. The normalized spacial score (nSPS) is 15.1. The van der Waals surface area contributed by atoms with Crippen LogP contribution in [0.3, 0.4) is 0 Å². The van der Waals surface area contributed by atoms with E-state index >= 15 is 0 Å². The predicted molar refractivity (Wildman–Crippen MR) is 154 cm³/mol. The highest BCUT2D eigenvalue weighted by Crippen LogP contribution is 2.34. The second-order valence-electron chi connectivity index (χ2n) is 10.0. The maximum absolute atomic E-state index is 13.7. The van der Waals surface area contributed by atoms with Gasteiger partial charge in [-0.05, 0) is 47.9 Å². The third-order valence-corrected chi connectivity index (χ3v) is 7.41. The molecule has 2 aromatic carbocycles. The van der Waals surface area contributed by atoms with Crippen molar-refractivity contribution in [3.05, 3.63) is 102 Å². The van der Waals surface area contributed by atoms with Crippen molar-refractivity contribution >= 4 is 17.6 Å². The number of fused-ring (bicyclic) bond motifs is 1. The molecular weight excluding hydrogens is 488 g/mol. The van der Waals surface area contributed by atoms with Crippen LogP contribution in [0, 0.1) is 6.92 Å². The molecule has 2 aromatic heterocycles. The van der Waals surface area contributed by atoms with Gasteiger partial charge in [-0.25, -0.2) is 4.98 Å². The van der Waals surface area contributed by atoms with Crippen LogP contribution in [-0.4, -0.2) is 72.0 Å². The minimum atomic E-state index is -0.203. The van der Waals surface area contributed by atoms with Crippen molar-refractivity contribution in [3.63, 3.8) is 0 Å². The number of aromatic nitrogens is 2. The van der Waals surface area contributed by atoms with Gasteiger partial charge in [0.1, 0.15) is 17.1 Å². The Bertz CT molecular complexity index is 1420. The van der Waals surface area contributed by atoms with Crippen LogP contribution < -0.4 is 9.47 Å².